The van der Waals surface area contributed by atoms with Crippen molar-refractivity contribution in [2.45, 2.75) is 19.0 Å². The standard InChI is InChI=1S/C6H7F3N2O/c7-6(8,9)4-5(12)11-3-1-2-10/h1,3-4H2,(H,11,12). The highest BCUT2D eigenvalue weighted by atomic mass is 19.4. The number of alkyl halides is 3. The molecule has 0 unspecified atom stereocenters. The van der Waals surface area contributed by atoms with Crippen LogP contribution in [0.2, 0.25) is 0 Å². The molecular weight excluding hydrogens is 173 g/mol. The molecule has 0 spiro atoms. The number of nitrogens with zero attached hydrogens (tertiary/aromatic N) is 1. The van der Waals surface area contributed by atoms with E-state index in [2.05, 4.69) is 0 Å². The molecule has 0 aromatic rings. The van der Waals surface area contributed by atoms with Crippen LogP contribution in [-0.4, -0.2) is 18.6 Å². The van der Waals surface area contributed by atoms with E-state index in [1.165, 1.54) is 0 Å². The molecule has 0 aromatic heterocycles. The van der Waals surface area contributed by atoms with Crippen LogP contribution in [0.5, 0.6) is 0 Å². The first kappa shape index (κ1) is 10.8. The Bertz CT molecular complexity index is 194. The zero-order valence-corrected chi connectivity index (χ0v) is 6.11. The van der Waals surface area contributed by atoms with E-state index in [0.29, 0.717) is 0 Å². The zero-order chi connectivity index (χ0) is 9.61. The van der Waals surface area contributed by atoms with Crippen molar-refractivity contribution < 1.29 is 18.0 Å². The summed E-state index contributed by atoms with van der Waals surface area (Å²) in [6.45, 7) is -0.0363. The molecule has 6 heteroatoms. The van der Waals surface area contributed by atoms with Gasteiger partial charge in [0.05, 0.1) is 12.5 Å². The molecule has 68 valence electrons. The minimum atomic E-state index is -4.48. The monoisotopic (exact) mass is 180 g/mol. The lowest BCUT2D eigenvalue weighted by atomic mass is 10.4. The molecule has 0 bridgehead atoms. The maximum atomic E-state index is 11.5. The maximum absolute atomic E-state index is 11.5. The lowest BCUT2D eigenvalue weighted by Crippen LogP contribution is -2.29. The van der Waals surface area contributed by atoms with Gasteiger partial charge in [0.25, 0.3) is 0 Å². The van der Waals surface area contributed by atoms with Crippen molar-refractivity contribution >= 4 is 5.91 Å². The Morgan fingerprint density at radius 3 is 2.50 bits per heavy atom. The van der Waals surface area contributed by atoms with E-state index in [-0.39, 0.29) is 13.0 Å². The van der Waals surface area contributed by atoms with Gasteiger partial charge in [-0.2, -0.15) is 18.4 Å². The van der Waals surface area contributed by atoms with Crippen molar-refractivity contribution in [2.24, 2.45) is 0 Å². The second-order valence-corrected chi connectivity index (χ2v) is 2.05. The first-order valence-electron chi connectivity index (χ1n) is 3.16. The van der Waals surface area contributed by atoms with Gasteiger partial charge in [0, 0.05) is 6.54 Å². The van der Waals surface area contributed by atoms with Crippen LogP contribution >= 0.6 is 0 Å². The molecule has 12 heavy (non-hydrogen) atoms. The fourth-order valence-electron chi connectivity index (χ4n) is 0.502. The molecule has 0 atom stereocenters. The number of halogens is 3. The number of nitrogens with one attached hydrogen (secondary N) is 1. The summed E-state index contributed by atoms with van der Waals surface area (Å²) in [4.78, 5) is 10.4. The van der Waals surface area contributed by atoms with Crippen LogP contribution in [0.1, 0.15) is 12.8 Å². The number of hydrogen-bond donors (Lipinski definition) is 1. The number of carbonyl (C=O) groups excluding carboxylic acids is 1. The van der Waals surface area contributed by atoms with E-state index >= 15 is 0 Å². The zero-order valence-electron chi connectivity index (χ0n) is 6.11. The van der Waals surface area contributed by atoms with E-state index in [0.717, 1.165) is 0 Å². The first-order chi connectivity index (χ1) is 5.45. The summed E-state index contributed by atoms with van der Waals surface area (Å²) in [5.41, 5.74) is 0. The van der Waals surface area contributed by atoms with E-state index in [1.54, 1.807) is 6.07 Å². The SMILES string of the molecule is N#CCCNC(=O)CC(F)(F)F. The minimum Gasteiger partial charge on any atom is -0.355 e. The Morgan fingerprint density at radius 2 is 2.08 bits per heavy atom. The van der Waals surface area contributed by atoms with Crippen LogP contribution in [-0.2, 0) is 4.79 Å². The predicted molar refractivity (Wildman–Crippen MR) is 33.9 cm³/mol. The summed E-state index contributed by atoms with van der Waals surface area (Å²) in [5, 5.41) is 9.95. The lowest BCUT2D eigenvalue weighted by Gasteiger charge is -2.05. The average molecular weight is 180 g/mol. The van der Waals surface area contributed by atoms with Gasteiger partial charge >= 0.3 is 6.18 Å². The largest absolute Gasteiger partial charge is 0.397 e. The van der Waals surface area contributed by atoms with E-state index in [9.17, 15) is 18.0 Å². The van der Waals surface area contributed by atoms with Gasteiger partial charge in [-0.3, -0.25) is 4.79 Å². The number of nitriles is 1. The number of rotatable bonds is 3. The number of amides is 1. The fourth-order valence-corrected chi connectivity index (χ4v) is 0.502. The second kappa shape index (κ2) is 4.59. The van der Waals surface area contributed by atoms with Crippen LogP contribution in [0.25, 0.3) is 0 Å². The van der Waals surface area contributed by atoms with Crippen LogP contribution in [0.3, 0.4) is 0 Å². The minimum absolute atomic E-state index is 0.0175. The number of carbonyl (C=O) groups is 1. The molecule has 1 amide bonds. The molecule has 0 rings (SSSR count). The van der Waals surface area contributed by atoms with Crippen LogP contribution in [0.4, 0.5) is 13.2 Å². The van der Waals surface area contributed by atoms with Gasteiger partial charge in [-0.05, 0) is 0 Å². The van der Waals surface area contributed by atoms with Gasteiger partial charge in [-0.25, -0.2) is 0 Å². The van der Waals surface area contributed by atoms with E-state index in [1.807, 2.05) is 5.32 Å². The van der Waals surface area contributed by atoms with Gasteiger partial charge in [0.2, 0.25) is 5.91 Å². The molecule has 0 aliphatic heterocycles. The highest BCUT2D eigenvalue weighted by molar-refractivity contribution is 5.76. The summed E-state index contributed by atoms with van der Waals surface area (Å²) in [6, 6.07) is 1.69. The van der Waals surface area contributed by atoms with Gasteiger partial charge < -0.3 is 5.32 Å². The summed E-state index contributed by atoms with van der Waals surface area (Å²) in [7, 11) is 0. The maximum Gasteiger partial charge on any atom is 0.397 e. The molecule has 0 saturated heterocycles. The number of hydrogen-bond acceptors (Lipinski definition) is 2. The quantitative estimate of drug-likeness (QED) is 0.658. The smallest absolute Gasteiger partial charge is 0.355 e. The molecular formula is C6H7F3N2O. The van der Waals surface area contributed by atoms with Crippen molar-refractivity contribution in [1.29, 1.82) is 5.26 Å². The van der Waals surface area contributed by atoms with Gasteiger partial charge in [0.15, 0.2) is 0 Å². The molecule has 0 radical (unpaired) electrons. The Morgan fingerprint density at radius 1 is 1.50 bits per heavy atom. The lowest BCUT2D eigenvalue weighted by molar-refractivity contribution is -0.153. The summed E-state index contributed by atoms with van der Waals surface area (Å²) < 4.78 is 34.5. The summed E-state index contributed by atoms with van der Waals surface area (Å²) in [5.74, 6) is -1.10. The average Bonchev–Trinajstić information content (AvgIpc) is 1.84. The normalized spacial score (nSPS) is 10.5. The van der Waals surface area contributed by atoms with E-state index < -0.39 is 18.5 Å². The third-order valence-corrected chi connectivity index (χ3v) is 0.920. The third kappa shape index (κ3) is 6.86. The molecule has 3 nitrogen and oxygen atoms in total. The van der Waals surface area contributed by atoms with Crippen LogP contribution < -0.4 is 5.32 Å². The predicted octanol–water partition coefficient (Wildman–Crippen LogP) is 0.969. The molecule has 1 N–H and O–H groups in total. The Hall–Kier alpha value is -1.25. The van der Waals surface area contributed by atoms with Crippen molar-refractivity contribution in [3.63, 3.8) is 0 Å². The van der Waals surface area contributed by atoms with Crippen molar-refractivity contribution in [3.8, 4) is 6.07 Å². The third-order valence-electron chi connectivity index (χ3n) is 0.920. The second-order valence-electron chi connectivity index (χ2n) is 2.05. The molecule has 0 heterocycles. The Labute approximate surface area is 67.2 Å². The summed E-state index contributed by atoms with van der Waals surface area (Å²) in [6.07, 6.45) is -5.95. The fraction of sp³-hybridized carbons (Fsp3) is 0.667. The van der Waals surface area contributed by atoms with Crippen LogP contribution in [0, 0.1) is 11.3 Å². The topological polar surface area (TPSA) is 52.9 Å². The molecule has 0 aliphatic carbocycles. The van der Waals surface area contributed by atoms with Crippen molar-refractivity contribution in [3.05, 3.63) is 0 Å². The van der Waals surface area contributed by atoms with Gasteiger partial charge in [-0.1, -0.05) is 0 Å². The van der Waals surface area contributed by atoms with Crippen molar-refractivity contribution in [2.75, 3.05) is 6.54 Å². The highest BCUT2D eigenvalue weighted by Gasteiger charge is 2.30. The van der Waals surface area contributed by atoms with Crippen LogP contribution in [0.15, 0.2) is 0 Å². The van der Waals surface area contributed by atoms with Gasteiger partial charge in [-0.15, -0.1) is 0 Å². The molecule has 0 aromatic carbocycles. The Kier molecular flexibility index (Phi) is 4.11. The van der Waals surface area contributed by atoms with Crippen molar-refractivity contribution in [1.82, 2.24) is 5.32 Å². The Balaban J connectivity index is 3.56. The van der Waals surface area contributed by atoms with E-state index in [4.69, 9.17) is 5.26 Å². The molecule has 0 saturated carbocycles. The van der Waals surface area contributed by atoms with Gasteiger partial charge in [0.1, 0.15) is 6.42 Å². The highest BCUT2D eigenvalue weighted by Crippen LogP contribution is 2.18. The molecule has 0 aliphatic rings. The first-order valence-corrected chi connectivity index (χ1v) is 3.16. The molecule has 0 fully saturated rings. The summed E-state index contributed by atoms with van der Waals surface area (Å²) >= 11 is 0.